The number of rotatable bonds is 3. The molecule has 0 bridgehead atoms. The van der Waals surface area contributed by atoms with E-state index in [1.807, 2.05) is 0 Å². The summed E-state index contributed by atoms with van der Waals surface area (Å²) in [6, 6.07) is 0. The second kappa shape index (κ2) is 7.67. The van der Waals surface area contributed by atoms with Gasteiger partial charge in [-0.15, -0.1) is 0 Å². The lowest BCUT2D eigenvalue weighted by Crippen LogP contribution is -2.59. The molecule has 4 rings (SSSR count). The Morgan fingerprint density at radius 1 is 1.20 bits per heavy atom. The van der Waals surface area contributed by atoms with Gasteiger partial charge in [0, 0.05) is 11.8 Å². The molecule has 2 heterocycles. The van der Waals surface area contributed by atoms with Gasteiger partial charge in [-0.3, -0.25) is 0 Å². The van der Waals surface area contributed by atoms with Gasteiger partial charge in [-0.05, 0) is 37.7 Å². The summed E-state index contributed by atoms with van der Waals surface area (Å²) in [7, 11) is 0. The van der Waals surface area contributed by atoms with Gasteiger partial charge in [0.25, 0.3) is 0 Å². The van der Waals surface area contributed by atoms with Crippen LogP contribution < -0.4 is 0 Å². The minimum Gasteiger partial charge on any atom is -0.459 e. The summed E-state index contributed by atoms with van der Waals surface area (Å²) in [4.78, 5) is 12.2. The van der Waals surface area contributed by atoms with Crippen molar-refractivity contribution < 1.29 is 44.5 Å². The monoisotopic (exact) mass is 426 g/mol. The number of hydrogen-bond acceptors (Lipinski definition) is 9. The Hall–Kier alpha value is -1.33. The Labute approximate surface area is 174 Å². The molecule has 0 radical (unpaired) electrons. The van der Waals surface area contributed by atoms with Crippen LogP contribution in [0.1, 0.15) is 26.2 Å². The first-order chi connectivity index (χ1) is 14.1. The molecule has 4 fully saturated rings. The van der Waals surface area contributed by atoms with Crippen molar-refractivity contribution in [2.45, 2.75) is 74.7 Å². The van der Waals surface area contributed by atoms with Crippen molar-refractivity contribution in [3.63, 3.8) is 0 Å². The summed E-state index contributed by atoms with van der Waals surface area (Å²) in [6.45, 7) is 9.27. The molecule has 4 aliphatic rings. The molecule has 2 saturated carbocycles. The van der Waals surface area contributed by atoms with Gasteiger partial charge in [0.2, 0.25) is 0 Å². The molecule has 2 aliphatic carbocycles. The third-order valence-corrected chi connectivity index (χ3v) is 7.32. The van der Waals surface area contributed by atoms with E-state index in [-0.39, 0.29) is 17.8 Å². The first-order valence-electron chi connectivity index (χ1n) is 10.3. The van der Waals surface area contributed by atoms with Crippen LogP contribution in [0, 0.1) is 17.8 Å². The molecular weight excluding hydrogens is 396 g/mol. The van der Waals surface area contributed by atoms with Gasteiger partial charge in [-0.1, -0.05) is 18.7 Å². The zero-order valence-corrected chi connectivity index (χ0v) is 16.9. The fraction of sp³-hybridized carbons (Fsp3) is 0.762. The number of hydrogen-bond donors (Lipinski definition) is 5. The zero-order valence-electron chi connectivity index (χ0n) is 16.9. The molecule has 2 aliphatic heterocycles. The van der Waals surface area contributed by atoms with Crippen LogP contribution in [0.4, 0.5) is 0 Å². The molecular formula is C21H30O9. The first-order valence-corrected chi connectivity index (χ1v) is 10.3. The van der Waals surface area contributed by atoms with Gasteiger partial charge >= 0.3 is 5.97 Å². The van der Waals surface area contributed by atoms with Crippen LogP contribution in [0.5, 0.6) is 0 Å². The maximum atomic E-state index is 12.2. The Bertz CT molecular complexity index is 732. The Morgan fingerprint density at radius 2 is 1.90 bits per heavy atom. The van der Waals surface area contributed by atoms with E-state index in [0.717, 1.165) is 5.57 Å². The van der Waals surface area contributed by atoms with Crippen LogP contribution in [0.25, 0.3) is 0 Å². The SMILES string of the molecule is C=C1CCC2C(OC(=O)C2(C)O)C2C(=C)C(OC3OC(CO)C(O)C(O)C3O)CC12. The van der Waals surface area contributed by atoms with E-state index in [0.29, 0.717) is 24.8 Å². The molecule has 0 spiro atoms. The number of allylic oxidation sites excluding steroid dienone is 1. The number of carbonyl (C=O) groups excluding carboxylic acids is 1. The second-order valence-corrected chi connectivity index (χ2v) is 9.09. The smallest absolute Gasteiger partial charge is 0.338 e. The van der Waals surface area contributed by atoms with E-state index in [4.69, 9.17) is 14.2 Å². The van der Waals surface area contributed by atoms with Crippen LogP contribution >= 0.6 is 0 Å². The van der Waals surface area contributed by atoms with Gasteiger partial charge in [0.15, 0.2) is 11.9 Å². The van der Waals surface area contributed by atoms with Gasteiger partial charge < -0.3 is 39.7 Å². The van der Waals surface area contributed by atoms with Crippen LogP contribution in [-0.4, -0.2) is 86.6 Å². The molecule has 0 amide bonds. The summed E-state index contributed by atoms with van der Waals surface area (Å²) in [5, 5.41) is 50.3. The second-order valence-electron chi connectivity index (χ2n) is 9.09. The average molecular weight is 426 g/mol. The summed E-state index contributed by atoms with van der Waals surface area (Å²) >= 11 is 0. The van der Waals surface area contributed by atoms with Crippen molar-refractivity contribution in [1.82, 2.24) is 0 Å². The first kappa shape index (κ1) is 21.9. The van der Waals surface area contributed by atoms with Crippen LogP contribution in [0.2, 0.25) is 0 Å². The highest BCUT2D eigenvalue weighted by Crippen LogP contribution is 2.54. The van der Waals surface area contributed by atoms with E-state index < -0.39 is 61.1 Å². The maximum absolute atomic E-state index is 12.2. The molecule has 0 aromatic heterocycles. The minimum absolute atomic E-state index is 0.0796. The predicted molar refractivity (Wildman–Crippen MR) is 102 cm³/mol. The van der Waals surface area contributed by atoms with E-state index in [9.17, 15) is 30.3 Å². The highest BCUT2D eigenvalue weighted by atomic mass is 16.7. The average Bonchev–Trinajstić information content (AvgIpc) is 3.07. The number of esters is 1. The largest absolute Gasteiger partial charge is 0.459 e. The Balaban J connectivity index is 1.55. The number of aliphatic hydroxyl groups is 5. The molecule has 11 unspecified atom stereocenters. The van der Waals surface area contributed by atoms with E-state index in [1.54, 1.807) is 0 Å². The zero-order chi connectivity index (χ0) is 22.0. The normalized spacial score (nSPS) is 51.3. The Kier molecular flexibility index (Phi) is 5.59. The number of aliphatic hydroxyl groups excluding tert-OH is 4. The number of ether oxygens (including phenoxy) is 3. The lowest BCUT2D eigenvalue weighted by molar-refractivity contribution is -0.308. The lowest BCUT2D eigenvalue weighted by atomic mass is 9.78. The van der Waals surface area contributed by atoms with Crippen molar-refractivity contribution in [1.29, 1.82) is 0 Å². The molecule has 9 nitrogen and oxygen atoms in total. The molecule has 9 heteroatoms. The summed E-state index contributed by atoms with van der Waals surface area (Å²) in [6.07, 6.45) is -6.30. The highest BCUT2D eigenvalue weighted by Gasteiger charge is 2.60. The van der Waals surface area contributed by atoms with Gasteiger partial charge in [-0.2, -0.15) is 0 Å². The standard InChI is InChI=1S/C21H30O9/c1-8-4-5-11-18(30-20(26)21(11,3)27)14-9(2)12(6-10(8)14)28-19-17(25)16(24)15(23)13(7-22)29-19/h10-19,22-25,27H,1-2,4-7H2,3H3. The number of carbonyl (C=O) groups is 1. The van der Waals surface area contributed by atoms with Crippen molar-refractivity contribution >= 4 is 5.97 Å². The van der Waals surface area contributed by atoms with Gasteiger partial charge in [-0.25, -0.2) is 4.79 Å². The molecule has 30 heavy (non-hydrogen) atoms. The fourth-order valence-corrected chi connectivity index (χ4v) is 5.44. The van der Waals surface area contributed by atoms with Crippen molar-refractivity contribution in [2.24, 2.45) is 17.8 Å². The van der Waals surface area contributed by atoms with Crippen molar-refractivity contribution in [2.75, 3.05) is 6.61 Å². The molecule has 11 atom stereocenters. The van der Waals surface area contributed by atoms with E-state index in [2.05, 4.69) is 13.2 Å². The Morgan fingerprint density at radius 3 is 2.57 bits per heavy atom. The summed E-state index contributed by atoms with van der Waals surface area (Å²) in [5.74, 6) is -1.41. The van der Waals surface area contributed by atoms with Crippen molar-refractivity contribution in [3.05, 3.63) is 24.3 Å². The topological polar surface area (TPSA) is 146 Å². The minimum atomic E-state index is -1.57. The summed E-state index contributed by atoms with van der Waals surface area (Å²) in [5.41, 5.74) is 0.0267. The third kappa shape index (κ3) is 3.24. The van der Waals surface area contributed by atoms with Gasteiger partial charge in [0.05, 0.1) is 12.7 Å². The van der Waals surface area contributed by atoms with E-state index >= 15 is 0 Å². The molecule has 0 aromatic carbocycles. The van der Waals surface area contributed by atoms with E-state index in [1.165, 1.54) is 6.92 Å². The molecule has 168 valence electrons. The van der Waals surface area contributed by atoms with Crippen molar-refractivity contribution in [3.8, 4) is 0 Å². The number of fused-ring (bicyclic) bond motifs is 3. The molecule has 0 aromatic rings. The maximum Gasteiger partial charge on any atom is 0.338 e. The third-order valence-electron chi connectivity index (χ3n) is 7.32. The molecule has 5 N–H and O–H groups in total. The van der Waals surface area contributed by atoms with Crippen LogP contribution in [0.3, 0.4) is 0 Å². The van der Waals surface area contributed by atoms with Gasteiger partial charge in [0.1, 0.15) is 30.5 Å². The summed E-state index contributed by atoms with van der Waals surface area (Å²) < 4.78 is 17.0. The van der Waals surface area contributed by atoms with Crippen LogP contribution in [0.15, 0.2) is 24.3 Å². The quantitative estimate of drug-likeness (QED) is 0.283. The molecule has 2 saturated heterocycles. The highest BCUT2D eigenvalue weighted by molar-refractivity contribution is 5.82. The fourth-order valence-electron chi connectivity index (χ4n) is 5.44. The van der Waals surface area contributed by atoms with Crippen LogP contribution in [-0.2, 0) is 19.0 Å². The lowest BCUT2D eigenvalue weighted by Gasteiger charge is -2.40. The predicted octanol–water partition coefficient (Wildman–Crippen LogP) is -0.994.